The molecule has 3 heteroatoms. The Labute approximate surface area is 107 Å². The van der Waals surface area contributed by atoms with Crippen LogP contribution >= 0.6 is 0 Å². The van der Waals surface area contributed by atoms with Crippen LogP contribution in [0.2, 0.25) is 0 Å². The van der Waals surface area contributed by atoms with Gasteiger partial charge in [-0.1, -0.05) is 25.1 Å². The molecule has 0 saturated heterocycles. The predicted octanol–water partition coefficient (Wildman–Crippen LogP) is 2.67. The van der Waals surface area contributed by atoms with E-state index < -0.39 is 0 Å². The summed E-state index contributed by atoms with van der Waals surface area (Å²) in [7, 11) is 0. The van der Waals surface area contributed by atoms with Gasteiger partial charge in [0.1, 0.15) is 6.10 Å². The number of nitrogens with zero attached hydrogens (tertiary/aromatic N) is 1. The number of para-hydroxylation sites is 1. The van der Waals surface area contributed by atoms with Gasteiger partial charge in [0, 0.05) is 24.0 Å². The van der Waals surface area contributed by atoms with E-state index in [9.17, 15) is 0 Å². The van der Waals surface area contributed by atoms with E-state index in [0.717, 1.165) is 36.5 Å². The van der Waals surface area contributed by atoms with Crippen molar-refractivity contribution >= 4 is 10.9 Å². The molecule has 0 saturated carbocycles. The third-order valence-electron chi connectivity index (χ3n) is 3.41. The zero-order valence-electron chi connectivity index (χ0n) is 10.9. The second-order valence-electron chi connectivity index (χ2n) is 4.85. The number of ether oxygens (including phenoxy) is 1. The molecule has 3 nitrogen and oxygen atoms in total. The first-order valence-corrected chi connectivity index (χ1v) is 6.57. The van der Waals surface area contributed by atoms with Crippen molar-refractivity contribution in [3.8, 4) is 5.88 Å². The first-order chi connectivity index (χ1) is 8.78. The van der Waals surface area contributed by atoms with Gasteiger partial charge < -0.3 is 10.1 Å². The van der Waals surface area contributed by atoms with E-state index in [1.165, 1.54) is 10.9 Å². The van der Waals surface area contributed by atoms with Crippen molar-refractivity contribution in [2.75, 3.05) is 6.54 Å². The number of hydrogen-bond acceptors (Lipinski definition) is 3. The Morgan fingerprint density at radius 3 is 3.17 bits per heavy atom. The van der Waals surface area contributed by atoms with Crippen LogP contribution in [0.15, 0.2) is 24.3 Å². The number of pyridine rings is 1. The molecule has 1 N–H and O–H groups in total. The maximum Gasteiger partial charge on any atom is 0.218 e. The summed E-state index contributed by atoms with van der Waals surface area (Å²) in [5.74, 6) is 0.793. The quantitative estimate of drug-likeness (QED) is 0.834. The summed E-state index contributed by atoms with van der Waals surface area (Å²) < 4.78 is 5.89. The van der Waals surface area contributed by atoms with Crippen LogP contribution in [0.4, 0.5) is 0 Å². The fourth-order valence-electron chi connectivity index (χ4n) is 2.44. The average molecular weight is 242 g/mol. The summed E-state index contributed by atoms with van der Waals surface area (Å²) >= 11 is 0. The van der Waals surface area contributed by atoms with Gasteiger partial charge in [-0.2, -0.15) is 0 Å². The molecule has 2 aromatic rings. The van der Waals surface area contributed by atoms with Crippen LogP contribution in [-0.2, 0) is 13.0 Å². The predicted molar refractivity (Wildman–Crippen MR) is 72.9 cm³/mol. The molecule has 0 fully saturated rings. The Morgan fingerprint density at radius 1 is 1.44 bits per heavy atom. The summed E-state index contributed by atoms with van der Waals surface area (Å²) in [5, 5.41) is 4.58. The van der Waals surface area contributed by atoms with E-state index in [0.29, 0.717) is 0 Å². The van der Waals surface area contributed by atoms with E-state index in [2.05, 4.69) is 43.4 Å². The molecule has 0 bridgehead atoms. The molecule has 1 aromatic carbocycles. The van der Waals surface area contributed by atoms with Crippen molar-refractivity contribution in [3.05, 3.63) is 35.4 Å². The van der Waals surface area contributed by atoms with Gasteiger partial charge >= 0.3 is 0 Å². The Balaban J connectivity index is 2.19. The topological polar surface area (TPSA) is 34.1 Å². The molecule has 2 heterocycles. The molecule has 1 atom stereocenters. The number of aryl methyl sites for hydroxylation is 1. The molecule has 0 aliphatic carbocycles. The molecule has 1 aliphatic rings. The smallest absolute Gasteiger partial charge is 0.218 e. The van der Waals surface area contributed by atoms with Gasteiger partial charge in [-0.25, -0.2) is 4.98 Å². The van der Waals surface area contributed by atoms with E-state index >= 15 is 0 Å². The third kappa shape index (κ3) is 1.95. The molecule has 1 aliphatic heterocycles. The van der Waals surface area contributed by atoms with Gasteiger partial charge in [-0.3, -0.25) is 0 Å². The summed E-state index contributed by atoms with van der Waals surface area (Å²) in [6.07, 6.45) is 1.17. The Hall–Kier alpha value is -1.61. The Morgan fingerprint density at radius 2 is 2.33 bits per heavy atom. The van der Waals surface area contributed by atoms with Crippen LogP contribution in [0.5, 0.6) is 5.88 Å². The summed E-state index contributed by atoms with van der Waals surface area (Å²) in [6, 6.07) is 8.56. The second-order valence-corrected chi connectivity index (χ2v) is 4.85. The largest absolute Gasteiger partial charge is 0.473 e. The third-order valence-corrected chi connectivity index (χ3v) is 3.41. The Kier molecular flexibility index (Phi) is 2.92. The highest BCUT2D eigenvalue weighted by Gasteiger charge is 2.16. The van der Waals surface area contributed by atoms with E-state index in [1.54, 1.807) is 0 Å². The van der Waals surface area contributed by atoms with E-state index in [-0.39, 0.29) is 6.10 Å². The molecule has 1 aromatic heterocycles. The Bertz CT molecular complexity index is 580. The minimum Gasteiger partial charge on any atom is -0.473 e. The lowest BCUT2D eigenvalue weighted by molar-refractivity contribution is 0.218. The van der Waals surface area contributed by atoms with Gasteiger partial charge in [0.05, 0.1) is 5.52 Å². The zero-order chi connectivity index (χ0) is 12.5. The molecule has 18 heavy (non-hydrogen) atoms. The van der Waals surface area contributed by atoms with Gasteiger partial charge in [0.15, 0.2) is 0 Å². The highest BCUT2D eigenvalue weighted by Crippen LogP contribution is 2.26. The molecular weight excluding hydrogens is 224 g/mol. The second kappa shape index (κ2) is 4.58. The minimum absolute atomic E-state index is 0.171. The summed E-state index contributed by atoms with van der Waals surface area (Å²) in [6.45, 7) is 5.93. The highest BCUT2D eigenvalue weighted by molar-refractivity contribution is 5.83. The lowest BCUT2D eigenvalue weighted by Gasteiger charge is -2.12. The molecule has 0 spiro atoms. The SMILES string of the molecule is CCc1cccc2cc3c(nc12)OC(C)CNC3. The lowest BCUT2D eigenvalue weighted by atomic mass is 10.1. The number of fused-ring (bicyclic) bond motifs is 2. The van der Waals surface area contributed by atoms with Crippen LogP contribution in [-0.4, -0.2) is 17.6 Å². The number of rotatable bonds is 1. The monoisotopic (exact) mass is 242 g/mol. The first-order valence-electron chi connectivity index (χ1n) is 6.57. The number of aromatic nitrogens is 1. The highest BCUT2D eigenvalue weighted by atomic mass is 16.5. The molecule has 0 amide bonds. The normalized spacial score (nSPS) is 19.1. The first kappa shape index (κ1) is 11.5. The fraction of sp³-hybridized carbons (Fsp3) is 0.400. The summed E-state index contributed by atoms with van der Waals surface area (Å²) in [4.78, 5) is 4.73. The lowest BCUT2D eigenvalue weighted by Crippen LogP contribution is -2.25. The minimum atomic E-state index is 0.171. The number of nitrogens with one attached hydrogen (secondary N) is 1. The molecule has 94 valence electrons. The average Bonchev–Trinajstić information content (AvgIpc) is 2.55. The molecular formula is C15H18N2O. The van der Waals surface area contributed by atoms with Crippen molar-refractivity contribution in [1.29, 1.82) is 0 Å². The van der Waals surface area contributed by atoms with Gasteiger partial charge in [-0.15, -0.1) is 0 Å². The van der Waals surface area contributed by atoms with Gasteiger partial charge in [-0.05, 0) is 25.0 Å². The zero-order valence-corrected chi connectivity index (χ0v) is 10.9. The number of benzene rings is 1. The van der Waals surface area contributed by atoms with Crippen molar-refractivity contribution in [1.82, 2.24) is 10.3 Å². The van der Waals surface area contributed by atoms with Crippen LogP contribution in [0.1, 0.15) is 25.0 Å². The molecule has 3 rings (SSSR count). The van der Waals surface area contributed by atoms with E-state index in [4.69, 9.17) is 9.72 Å². The maximum atomic E-state index is 5.89. The van der Waals surface area contributed by atoms with Crippen LogP contribution in [0, 0.1) is 0 Å². The van der Waals surface area contributed by atoms with Crippen LogP contribution in [0.25, 0.3) is 10.9 Å². The van der Waals surface area contributed by atoms with Crippen molar-refractivity contribution in [2.24, 2.45) is 0 Å². The van der Waals surface area contributed by atoms with Crippen molar-refractivity contribution in [3.63, 3.8) is 0 Å². The number of hydrogen-bond donors (Lipinski definition) is 1. The fourth-order valence-corrected chi connectivity index (χ4v) is 2.44. The van der Waals surface area contributed by atoms with Crippen LogP contribution < -0.4 is 10.1 Å². The standard InChI is InChI=1S/C15H18N2O/c1-3-11-5-4-6-12-7-13-9-16-8-10(2)18-15(13)17-14(11)12/h4-7,10,16H,3,8-9H2,1-2H3. The van der Waals surface area contributed by atoms with Crippen LogP contribution in [0.3, 0.4) is 0 Å². The molecule has 0 radical (unpaired) electrons. The van der Waals surface area contributed by atoms with Crippen molar-refractivity contribution in [2.45, 2.75) is 32.9 Å². The van der Waals surface area contributed by atoms with Gasteiger partial charge in [0.2, 0.25) is 5.88 Å². The summed E-state index contributed by atoms with van der Waals surface area (Å²) in [5.41, 5.74) is 3.51. The van der Waals surface area contributed by atoms with Gasteiger partial charge in [0.25, 0.3) is 0 Å². The molecule has 1 unspecified atom stereocenters. The maximum absolute atomic E-state index is 5.89. The van der Waals surface area contributed by atoms with E-state index in [1.807, 2.05) is 0 Å². The van der Waals surface area contributed by atoms with Crippen molar-refractivity contribution < 1.29 is 4.74 Å².